The van der Waals surface area contributed by atoms with Crippen molar-refractivity contribution in [2.24, 2.45) is 0 Å². The van der Waals surface area contributed by atoms with Crippen LogP contribution in [0.2, 0.25) is 0 Å². The highest BCUT2D eigenvalue weighted by Crippen LogP contribution is 2.33. The number of aromatic nitrogens is 3. The minimum Gasteiger partial charge on any atom is -0.466 e. The lowest BCUT2D eigenvalue weighted by molar-refractivity contribution is -0.128. The van der Waals surface area contributed by atoms with Gasteiger partial charge in [0.2, 0.25) is 6.39 Å². The Kier molecular flexibility index (Phi) is 3.47. The number of rotatable bonds is 5. The molecule has 1 unspecified atom stereocenters. The van der Waals surface area contributed by atoms with Crippen molar-refractivity contribution in [2.75, 3.05) is 6.61 Å². The molecule has 2 aromatic rings. The predicted molar refractivity (Wildman–Crippen MR) is 56.0 cm³/mol. The quantitative estimate of drug-likeness (QED) is 0.600. The molecule has 6 nitrogen and oxygen atoms in total. The maximum atomic E-state index is 10.1. The Hall–Kier alpha value is -1.47. The van der Waals surface area contributed by atoms with E-state index >= 15 is 0 Å². The molecule has 0 spiro atoms. The van der Waals surface area contributed by atoms with Gasteiger partial charge in [-0.25, -0.2) is 4.98 Å². The molecule has 0 saturated carbocycles. The second kappa shape index (κ2) is 5.04. The van der Waals surface area contributed by atoms with Crippen molar-refractivity contribution in [1.29, 1.82) is 0 Å². The molecule has 0 aliphatic carbocycles. The maximum absolute atomic E-state index is 10.1. The topological polar surface area (TPSA) is 78.1 Å². The van der Waals surface area contributed by atoms with Crippen molar-refractivity contribution < 1.29 is 13.9 Å². The van der Waals surface area contributed by atoms with Gasteiger partial charge in [-0.15, -0.1) is 33.1 Å². The van der Waals surface area contributed by atoms with Crippen molar-refractivity contribution >= 4 is 29.4 Å². The molecule has 0 bridgehead atoms. The van der Waals surface area contributed by atoms with Crippen molar-refractivity contribution in [3.8, 4) is 11.6 Å². The summed E-state index contributed by atoms with van der Waals surface area (Å²) >= 11 is 7.38. The third-order valence-electron chi connectivity index (χ3n) is 1.75. The lowest BCUT2D eigenvalue weighted by atomic mass is 10.3. The first-order chi connectivity index (χ1) is 7.83. The molecule has 2 aromatic heterocycles. The number of hydrogen-bond acceptors (Lipinski definition) is 7. The van der Waals surface area contributed by atoms with Gasteiger partial charge in [0.05, 0.1) is 10.4 Å². The van der Waals surface area contributed by atoms with E-state index in [4.69, 9.17) is 16.0 Å². The molecule has 0 amide bonds. The summed E-state index contributed by atoms with van der Waals surface area (Å²) in [4.78, 5) is 14.9. The minimum atomic E-state index is -0.473. The Balaban J connectivity index is 2.22. The van der Waals surface area contributed by atoms with E-state index in [9.17, 15) is 4.79 Å². The molecule has 84 valence electrons. The second-order valence-corrected chi connectivity index (χ2v) is 4.12. The van der Waals surface area contributed by atoms with Gasteiger partial charge >= 0.3 is 0 Å². The van der Waals surface area contributed by atoms with Crippen LogP contribution in [0, 0.1) is 0 Å². The molecule has 0 aromatic carbocycles. The van der Waals surface area contributed by atoms with Gasteiger partial charge in [0.25, 0.3) is 12.4 Å². The molecule has 0 saturated heterocycles. The fraction of sp³-hybridized carbons (Fsp3) is 0.250. The van der Waals surface area contributed by atoms with E-state index < -0.39 is 5.38 Å². The molecule has 16 heavy (non-hydrogen) atoms. The van der Waals surface area contributed by atoms with Crippen LogP contribution in [0.4, 0.5) is 0 Å². The van der Waals surface area contributed by atoms with Crippen LogP contribution >= 0.6 is 22.9 Å². The summed E-state index contributed by atoms with van der Waals surface area (Å²) in [6.45, 7) is 0.428. The van der Waals surface area contributed by atoms with Crippen LogP contribution in [0.5, 0.6) is 0 Å². The average molecular weight is 260 g/mol. The number of nitrogens with zero attached hydrogens (tertiary/aromatic N) is 3. The lowest BCUT2D eigenvalue weighted by Gasteiger charge is -2.05. The SMILES string of the molecule is O=COCC(Cl)c1scnc1-c1nnco1. The normalized spacial score (nSPS) is 12.3. The largest absolute Gasteiger partial charge is 0.466 e. The van der Waals surface area contributed by atoms with E-state index in [2.05, 4.69) is 19.9 Å². The summed E-state index contributed by atoms with van der Waals surface area (Å²) in [6, 6.07) is 0. The number of hydrogen-bond donors (Lipinski definition) is 0. The molecule has 0 radical (unpaired) electrons. The Morgan fingerprint density at radius 3 is 3.25 bits per heavy atom. The van der Waals surface area contributed by atoms with E-state index in [0.717, 1.165) is 4.88 Å². The summed E-state index contributed by atoms with van der Waals surface area (Å²) in [5, 5.41) is 6.83. The maximum Gasteiger partial charge on any atom is 0.293 e. The molecule has 0 fully saturated rings. The summed E-state index contributed by atoms with van der Waals surface area (Å²) in [5.41, 5.74) is 2.14. The van der Waals surface area contributed by atoms with Crippen LogP contribution in [0.15, 0.2) is 16.3 Å². The summed E-state index contributed by atoms with van der Waals surface area (Å²) in [6.07, 6.45) is 1.21. The number of carbonyl (C=O) groups is 1. The molecule has 2 heterocycles. The van der Waals surface area contributed by atoms with Crippen LogP contribution < -0.4 is 0 Å². The molecule has 0 N–H and O–H groups in total. The Labute approximate surface area is 99.2 Å². The Bertz CT molecular complexity index is 459. The fourth-order valence-corrected chi connectivity index (χ4v) is 2.18. The molecule has 1 atom stereocenters. The van der Waals surface area contributed by atoms with E-state index in [1.807, 2.05) is 0 Å². The van der Waals surface area contributed by atoms with E-state index in [1.54, 1.807) is 5.51 Å². The van der Waals surface area contributed by atoms with Crippen molar-refractivity contribution in [3.63, 3.8) is 0 Å². The monoisotopic (exact) mass is 259 g/mol. The Morgan fingerprint density at radius 2 is 2.56 bits per heavy atom. The number of halogens is 1. The predicted octanol–water partition coefficient (Wildman–Crippen LogP) is 1.65. The summed E-state index contributed by atoms with van der Waals surface area (Å²) < 4.78 is 9.62. The average Bonchev–Trinajstić information content (AvgIpc) is 2.94. The van der Waals surface area contributed by atoms with Gasteiger partial charge in [-0.1, -0.05) is 0 Å². The van der Waals surface area contributed by atoms with Crippen LogP contribution in [0.3, 0.4) is 0 Å². The highest BCUT2D eigenvalue weighted by atomic mass is 35.5. The first-order valence-corrected chi connectivity index (χ1v) is 5.53. The van der Waals surface area contributed by atoms with Crippen LogP contribution in [-0.4, -0.2) is 28.3 Å². The lowest BCUT2D eigenvalue weighted by Crippen LogP contribution is -2.00. The number of alkyl halides is 1. The summed E-state index contributed by atoms with van der Waals surface area (Å²) in [5.74, 6) is 0.299. The van der Waals surface area contributed by atoms with Gasteiger partial charge in [-0.2, -0.15) is 0 Å². The zero-order valence-electron chi connectivity index (χ0n) is 7.87. The van der Waals surface area contributed by atoms with Crippen molar-refractivity contribution in [3.05, 3.63) is 16.8 Å². The highest BCUT2D eigenvalue weighted by Gasteiger charge is 2.20. The van der Waals surface area contributed by atoms with Crippen LogP contribution in [0.1, 0.15) is 10.3 Å². The third kappa shape index (κ3) is 2.20. The van der Waals surface area contributed by atoms with Gasteiger partial charge in [0.15, 0.2) is 0 Å². The fourth-order valence-electron chi connectivity index (χ4n) is 1.11. The van der Waals surface area contributed by atoms with Gasteiger partial charge in [0, 0.05) is 0 Å². The molecule has 0 aliphatic rings. The van der Waals surface area contributed by atoms with Gasteiger partial charge < -0.3 is 9.15 Å². The van der Waals surface area contributed by atoms with Crippen molar-refractivity contribution in [1.82, 2.24) is 15.2 Å². The standard InChI is InChI=1S/C8H6ClN3O3S/c9-5(1-14-4-13)7-6(10-3-16-7)8-12-11-2-15-8/h2-5H,1H2. The van der Waals surface area contributed by atoms with E-state index in [1.165, 1.54) is 17.7 Å². The van der Waals surface area contributed by atoms with E-state index in [0.29, 0.717) is 18.1 Å². The van der Waals surface area contributed by atoms with E-state index in [-0.39, 0.29) is 6.61 Å². The van der Waals surface area contributed by atoms with Crippen LogP contribution in [-0.2, 0) is 9.53 Å². The smallest absolute Gasteiger partial charge is 0.293 e. The van der Waals surface area contributed by atoms with Crippen LogP contribution in [0.25, 0.3) is 11.6 Å². The second-order valence-electron chi connectivity index (χ2n) is 2.71. The van der Waals surface area contributed by atoms with Gasteiger partial charge in [-0.05, 0) is 0 Å². The zero-order chi connectivity index (χ0) is 11.4. The number of carbonyl (C=O) groups excluding carboxylic acids is 1. The molecule has 2 rings (SSSR count). The number of ether oxygens (including phenoxy) is 1. The van der Waals surface area contributed by atoms with Gasteiger partial charge in [-0.3, -0.25) is 4.79 Å². The first kappa shape index (κ1) is 11.0. The molecular formula is C8H6ClN3O3S. The molecule has 0 aliphatic heterocycles. The third-order valence-corrected chi connectivity index (χ3v) is 3.17. The Morgan fingerprint density at radius 1 is 1.69 bits per heavy atom. The van der Waals surface area contributed by atoms with Crippen molar-refractivity contribution in [2.45, 2.75) is 5.38 Å². The highest BCUT2D eigenvalue weighted by molar-refractivity contribution is 7.10. The molecular weight excluding hydrogens is 254 g/mol. The first-order valence-electron chi connectivity index (χ1n) is 4.22. The minimum absolute atomic E-state index is 0.0778. The molecule has 8 heteroatoms. The zero-order valence-corrected chi connectivity index (χ0v) is 9.44. The number of thiazole rings is 1. The summed E-state index contributed by atoms with van der Waals surface area (Å²) in [7, 11) is 0. The van der Waals surface area contributed by atoms with Gasteiger partial charge in [0.1, 0.15) is 17.7 Å².